The Labute approximate surface area is 107 Å². The maximum absolute atomic E-state index is 5.64. The van der Waals surface area contributed by atoms with Crippen LogP contribution in [0.15, 0.2) is 0 Å². The molecular formula is C14H31NO2. The zero-order valence-corrected chi connectivity index (χ0v) is 12.1. The van der Waals surface area contributed by atoms with E-state index in [1.54, 1.807) is 0 Å². The molecule has 17 heavy (non-hydrogen) atoms. The molecule has 0 aliphatic rings. The molecule has 3 heteroatoms. The van der Waals surface area contributed by atoms with Crippen molar-refractivity contribution in [2.24, 2.45) is 5.92 Å². The van der Waals surface area contributed by atoms with E-state index in [9.17, 15) is 0 Å². The second-order valence-electron chi connectivity index (χ2n) is 5.00. The van der Waals surface area contributed by atoms with Crippen molar-refractivity contribution >= 4 is 0 Å². The highest BCUT2D eigenvalue weighted by Gasteiger charge is 2.00. The fraction of sp³-hybridized carbons (Fsp3) is 1.00. The summed E-state index contributed by atoms with van der Waals surface area (Å²) in [7, 11) is 0. The fourth-order valence-corrected chi connectivity index (χ4v) is 1.54. The Bertz CT molecular complexity index is 151. The van der Waals surface area contributed by atoms with Gasteiger partial charge in [0.25, 0.3) is 0 Å². The normalized spacial score (nSPS) is 13.2. The van der Waals surface area contributed by atoms with Crippen LogP contribution in [0.25, 0.3) is 0 Å². The fourth-order valence-electron chi connectivity index (χ4n) is 1.54. The molecule has 104 valence electrons. The lowest BCUT2D eigenvalue weighted by Crippen LogP contribution is -2.21. The highest BCUT2D eigenvalue weighted by molar-refractivity contribution is 4.52. The first-order chi connectivity index (χ1) is 8.16. The molecule has 3 nitrogen and oxygen atoms in total. The highest BCUT2D eigenvalue weighted by atomic mass is 16.5. The Morgan fingerprint density at radius 1 is 1.06 bits per heavy atom. The van der Waals surface area contributed by atoms with E-state index >= 15 is 0 Å². The molecule has 0 amide bonds. The van der Waals surface area contributed by atoms with Crippen LogP contribution >= 0.6 is 0 Å². The topological polar surface area (TPSA) is 30.5 Å². The molecule has 0 aromatic carbocycles. The van der Waals surface area contributed by atoms with Crippen LogP contribution in [0.4, 0.5) is 0 Å². The Hall–Kier alpha value is -0.120. The SMILES string of the molecule is CCOCC(C)OCCCCCNCC(C)C. The molecule has 1 unspecified atom stereocenters. The van der Waals surface area contributed by atoms with E-state index < -0.39 is 0 Å². The van der Waals surface area contributed by atoms with Gasteiger partial charge in [0.1, 0.15) is 0 Å². The van der Waals surface area contributed by atoms with Gasteiger partial charge in [-0.1, -0.05) is 13.8 Å². The highest BCUT2D eigenvalue weighted by Crippen LogP contribution is 1.99. The van der Waals surface area contributed by atoms with Gasteiger partial charge in [-0.2, -0.15) is 0 Å². The molecule has 1 N–H and O–H groups in total. The van der Waals surface area contributed by atoms with Crippen LogP contribution in [-0.4, -0.2) is 39.0 Å². The van der Waals surface area contributed by atoms with Gasteiger partial charge in [0.15, 0.2) is 0 Å². The number of ether oxygens (including phenoxy) is 2. The summed E-state index contributed by atoms with van der Waals surface area (Å²) < 4.78 is 10.9. The summed E-state index contributed by atoms with van der Waals surface area (Å²) >= 11 is 0. The van der Waals surface area contributed by atoms with Gasteiger partial charge in [-0.3, -0.25) is 0 Å². The minimum atomic E-state index is 0.231. The summed E-state index contributed by atoms with van der Waals surface area (Å²) in [5.41, 5.74) is 0. The third kappa shape index (κ3) is 13.8. The van der Waals surface area contributed by atoms with Crippen molar-refractivity contribution in [3.8, 4) is 0 Å². The van der Waals surface area contributed by atoms with Crippen LogP contribution in [0.2, 0.25) is 0 Å². The van der Waals surface area contributed by atoms with Crippen LogP contribution < -0.4 is 5.32 Å². The summed E-state index contributed by atoms with van der Waals surface area (Å²) in [6, 6.07) is 0. The molecule has 0 bridgehead atoms. The molecule has 0 fully saturated rings. The van der Waals surface area contributed by atoms with Crippen molar-refractivity contribution in [1.82, 2.24) is 5.32 Å². The molecule has 0 saturated heterocycles. The van der Waals surface area contributed by atoms with Crippen molar-refractivity contribution in [3.05, 3.63) is 0 Å². The van der Waals surface area contributed by atoms with Gasteiger partial charge in [-0.25, -0.2) is 0 Å². The molecule has 0 aromatic rings. The van der Waals surface area contributed by atoms with Gasteiger partial charge in [0.05, 0.1) is 12.7 Å². The van der Waals surface area contributed by atoms with Gasteiger partial charge >= 0.3 is 0 Å². The summed E-state index contributed by atoms with van der Waals surface area (Å²) in [5, 5.41) is 3.45. The molecule has 1 atom stereocenters. The van der Waals surface area contributed by atoms with E-state index in [1.807, 2.05) is 6.92 Å². The summed E-state index contributed by atoms with van der Waals surface area (Å²) in [4.78, 5) is 0. The van der Waals surface area contributed by atoms with Crippen molar-refractivity contribution in [2.75, 3.05) is 32.9 Å². The zero-order chi connectivity index (χ0) is 12.9. The maximum Gasteiger partial charge on any atom is 0.0780 e. The lowest BCUT2D eigenvalue weighted by molar-refractivity contribution is -0.00454. The lowest BCUT2D eigenvalue weighted by Gasteiger charge is -2.12. The monoisotopic (exact) mass is 245 g/mol. The standard InChI is InChI=1S/C14H31NO2/c1-5-16-12-14(4)17-10-8-6-7-9-15-11-13(2)3/h13-15H,5-12H2,1-4H3. The number of nitrogens with one attached hydrogen (secondary N) is 1. The Morgan fingerprint density at radius 3 is 2.47 bits per heavy atom. The van der Waals surface area contributed by atoms with Crippen LogP contribution in [0.3, 0.4) is 0 Å². The molecule has 0 spiro atoms. The number of rotatable bonds is 12. The van der Waals surface area contributed by atoms with E-state index in [-0.39, 0.29) is 6.10 Å². The Balaban J connectivity index is 3.07. The quantitative estimate of drug-likeness (QED) is 0.536. The smallest absolute Gasteiger partial charge is 0.0780 e. The van der Waals surface area contributed by atoms with Crippen molar-refractivity contribution in [3.63, 3.8) is 0 Å². The molecule has 0 aliphatic heterocycles. The van der Waals surface area contributed by atoms with Crippen molar-refractivity contribution in [1.29, 1.82) is 0 Å². The predicted octanol–water partition coefficient (Wildman–Crippen LogP) is 2.84. The first-order valence-electron chi connectivity index (χ1n) is 7.06. The van der Waals surface area contributed by atoms with Gasteiger partial charge in [0, 0.05) is 13.2 Å². The molecule has 0 rings (SSSR count). The van der Waals surface area contributed by atoms with Gasteiger partial charge < -0.3 is 14.8 Å². The minimum Gasteiger partial charge on any atom is -0.379 e. The van der Waals surface area contributed by atoms with Crippen LogP contribution in [-0.2, 0) is 9.47 Å². The van der Waals surface area contributed by atoms with Crippen molar-refractivity contribution in [2.45, 2.75) is 53.1 Å². The summed E-state index contributed by atoms with van der Waals surface area (Å²) in [5.74, 6) is 0.748. The van der Waals surface area contributed by atoms with E-state index in [4.69, 9.17) is 9.47 Å². The van der Waals surface area contributed by atoms with Crippen LogP contribution in [0.1, 0.15) is 47.0 Å². The molecule has 0 radical (unpaired) electrons. The molecule has 0 aromatic heterocycles. The van der Waals surface area contributed by atoms with E-state index in [0.717, 1.165) is 38.6 Å². The second kappa shape index (κ2) is 12.3. The summed E-state index contributed by atoms with van der Waals surface area (Å²) in [6.45, 7) is 13.2. The first kappa shape index (κ1) is 16.9. The van der Waals surface area contributed by atoms with Gasteiger partial charge in [0.2, 0.25) is 0 Å². The van der Waals surface area contributed by atoms with Crippen molar-refractivity contribution < 1.29 is 9.47 Å². The second-order valence-corrected chi connectivity index (χ2v) is 5.00. The number of hydrogen-bond donors (Lipinski definition) is 1. The number of unbranched alkanes of at least 4 members (excludes halogenated alkanes) is 2. The molecule has 0 aliphatic carbocycles. The first-order valence-corrected chi connectivity index (χ1v) is 7.06. The Kier molecular flexibility index (Phi) is 12.3. The van der Waals surface area contributed by atoms with Gasteiger partial charge in [-0.05, 0) is 52.1 Å². The lowest BCUT2D eigenvalue weighted by atomic mass is 10.2. The maximum atomic E-state index is 5.64. The molecule has 0 saturated carbocycles. The summed E-state index contributed by atoms with van der Waals surface area (Å²) in [6.07, 6.45) is 3.87. The third-order valence-corrected chi connectivity index (χ3v) is 2.51. The molecular weight excluding hydrogens is 214 g/mol. The van der Waals surface area contributed by atoms with E-state index in [2.05, 4.69) is 26.1 Å². The predicted molar refractivity (Wildman–Crippen MR) is 73.5 cm³/mol. The largest absolute Gasteiger partial charge is 0.379 e. The third-order valence-electron chi connectivity index (χ3n) is 2.51. The minimum absolute atomic E-state index is 0.231. The molecule has 0 heterocycles. The zero-order valence-electron chi connectivity index (χ0n) is 12.1. The average Bonchev–Trinajstić information content (AvgIpc) is 2.29. The van der Waals surface area contributed by atoms with E-state index in [0.29, 0.717) is 6.61 Å². The number of hydrogen-bond acceptors (Lipinski definition) is 3. The Morgan fingerprint density at radius 2 is 1.82 bits per heavy atom. The van der Waals surface area contributed by atoms with E-state index in [1.165, 1.54) is 12.8 Å². The van der Waals surface area contributed by atoms with Gasteiger partial charge in [-0.15, -0.1) is 0 Å². The van der Waals surface area contributed by atoms with Crippen LogP contribution in [0.5, 0.6) is 0 Å². The average molecular weight is 245 g/mol. The van der Waals surface area contributed by atoms with Crippen LogP contribution in [0, 0.1) is 5.92 Å².